The van der Waals surface area contributed by atoms with Crippen LogP contribution in [0.4, 0.5) is 0 Å². The van der Waals surface area contributed by atoms with Crippen LogP contribution in [0.15, 0.2) is 170 Å². The summed E-state index contributed by atoms with van der Waals surface area (Å²) in [4.78, 5) is 0. The van der Waals surface area contributed by atoms with Gasteiger partial charge in [0.25, 0.3) is 0 Å². The summed E-state index contributed by atoms with van der Waals surface area (Å²) in [6, 6.07) is 62.7. The SMILES string of the molecule is CC1(C)c2cc(-c3cc4ccccc4cc3-c3ccccc3)ccc2-c2ccc(-c3c(-c4ccccc4)ccc4ccccc34)cc21. The minimum Gasteiger partial charge on any atom is -0.0622 e. The molecule has 0 aliphatic heterocycles. The smallest absolute Gasteiger partial charge is 0.0159 e. The Morgan fingerprint density at radius 2 is 0.787 bits per heavy atom. The van der Waals surface area contributed by atoms with Crippen LogP contribution in [0.5, 0.6) is 0 Å². The molecule has 8 aromatic carbocycles. The van der Waals surface area contributed by atoms with Crippen molar-refractivity contribution in [3.63, 3.8) is 0 Å². The van der Waals surface area contributed by atoms with Gasteiger partial charge in [-0.1, -0.05) is 159 Å². The van der Waals surface area contributed by atoms with Crippen LogP contribution in [-0.2, 0) is 5.41 Å². The van der Waals surface area contributed by atoms with Crippen LogP contribution >= 0.6 is 0 Å². The summed E-state index contributed by atoms with van der Waals surface area (Å²) in [5.74, 6) is 0. The van der Waals surface area contributed by atoms with Crippen LogP contribution in [-0.4, -0.2) is 0 Å². The average Bonchev–Trinajstić information content (AvgIpc) is 3.36. The molecule has 0 unspecified atom stereocenters. The van der Waals surface area contributed by atoms with Gasteiger partial charge in [-0.2, -0.15) is 0 Å². The van der Waals surface area contributed by atoms with E-state index in [1.54, 1.807) is 0 Å². The van der Waals surface area contributed by atoms with Crippen LogP contribution in [0.25, 0.3) is 77.2 Å². The third-order valence-corrected chi connectivity index (χ3v) is 10.3. The second kappa shape index (κ2) is 10.7. The molecule has 0 spiro atoms. The second-order valence-corrected chi connectivity index (χ2v) is 13.3. The fourth-order valence-electron chi connectivity index (χ4n) is 7.84. The predicted molar refractivity (Wildman–Crippen MR) is 201 cm³/mol. The van der Waals surface area contributed by atoms with E-state index in [9.17, 15) is 0 Å². The maximum Gasteiger partial charge on any atom is 0.0159 e. The summed E-state index contributed by atoms with van der Waals surface area (Å²) in [7, 11) is 0. The van der Waals surface area contributed by atoms with E-state index in [1.165, 1.54) is 88.3 Å². The molecule has 0 heterocycles. The monoisotopic (exact) mass is 598 g/mol. The molecule has 222 valence electrons. The zero-order chi connectivity index (χ0) is 31.5. The molecule has 0 saturated heterocycles. The van der Waals surface area contributed by atoms with Crippen molar-refractivity contribution in [3.8, 4) is 55.6 Å². The summed E-state index contributed by atoms with van der Waals surface area (Å²) in [6.07, 6.45) is 0. The Kier molecular flexibility index (Phi) is 6.27. The highest BCUT2D eigenvalue weighted by atomic mass is 14.4. The van der Waals surface area contributed by atoms with Crippen LogP contribution < -0.4 is 0 Å². The maximum atomic E-state index is 2.47. The molecule has 0 saturated carbocycles. The van der Waals surface area contributed by atoms with Crippen molar-refractivity contribution >= 4 is 21.5 Å². The summed E-state index contributed by atoms with van der Waals surface area (Å²) < 4.78 is 0. The number of fused-ring (bicyclic) bond motifs is 5. The molecule has 1 aliphatic carbocycles. The Balaban J connectivity index is 1.21. The number of hydrogen-bond acceptors (Lipinski definition) is 0. The van der Waals surface area contributed by atoms with Gasteiger partial charge in [0, 0.05) is 5.41 Å². The third-order valence-electron chi connectivity index (χ3n) is 10.3. The summed E-state index contributed by atoms with van der Waals surface area (Å²) in [6.45, 7) is 4.79. The molecule has 0 aromatic heterocycles. The third kappa shape index (κ3) is 4.44. The lowest BCUT2D eigenvalue weighted by molar-refractivity contribution is 0.661. The standard InChI is InChI=1S/C47H34/c1-47(2)44-29-36(43-28-35-19-10-9-18-34(35)27-42(43)32-15-7-4-8-16-32)22-25-40(44)41-26-23-37(30-45(41)47)46-38-20-12-11-17-33(38)21-24-39(46)31-13-5-3-6-14-31/h3-30H,1-2H3. The van der Waals surface area contributed by atoms with Crippen LogP contribution in [0.2, 0.25) is 0 Å². The quantitative estimate of drug-likeness (QED) is 0.189. The molecule has 0 radical (unpaired) electrons. The zero-order valence-electron chi connectivity index (χ0n) is 26.7. The lowest BCUT2D eigenvalue weighted by Gasteiger charge is -2.23. The van der Waals surface area contributed by atoms with Gasteiger partial charge in [0.05, 0.1) is 0 Å². The lowest BCUT2D eigenvalue weighted by Crippen LogP contribution is -2.15. The molecule has 47 heavy (non-hydrogen) atoms. The molecule has 9 rings (SSSR count). The Morgan fingerprint density at radius 1 is 0.319 bits per heavy atom. The molecule has 0 N–H and O–H groups in total. The first-order valence-electron chi connectivity index (χ1n) is 16.5. The minimum atomic E-state index is -0.155. The molecule has 0 nitrogen and oxygen atoms in total. The van der Waals surface area contributed by atoms with Gasteiger partial charge >= 0.3 is 0 Å². The maximum absolute atomic E-state index is 2.47. The van der Waals surface area contributed by atoms with E-state index in [1.807, 2.05) is 0 Å². The Hall–Kier alpha value is -5.72. The van der Waals surface area contributed by atoms with Gasteiger partial charge in [0.2, 0.25) is 0 Å². The molecule has 0 heteroatoms. The minimum absolute atomic E-state index is 0.155. The molecule has 0 amide bonds. The molecule has 1 aliphatic rings. The van der Waals surface area contributed by atoms with Gasteiger partial charge in [0.1, 0.15) is 0 Å². The van der Waals surface area contributed by atoms with Crippen molar-refractivity contribution in [2.75, 3.05) is 0 Å². The largest absolute Gasteiger partial charge is 0.0622 e. The molecule has 0 fully saturated rings. The highest BCUT2D eigenvalue weighted by molar-refractivity contribution is 6.05. The first-order valence-corrected chi connectivity index (χ1v) is 16.5. The fourth-order valence-corrected chi connectivity index (χ4v) is 7.84. The fraction of sp³-hybridized carbons (Fsp3) is 0.0638. The summed E-state index contributed by atoms with van der Waals surface area (Å²) in [5, 5.41) is 5.08. The Bertz CT molecular complexity index is 2460. The van der Waals surface area contributed by atoms with Gasteiger partial charge in [-0.3, -0.25) is 0 Å². The van der Waals surface area contributed by atoms with Gasteiger partial charge in [0.15, 0.2) is 0 Å². The summed E-state index contributed by atoms with van der Waals surface area (Å²) in [5.41, 5.74) is 15.4. The van der Waals surface area contributed by atoms with Crippen LogP contribution in [0.3, 0.4) is 0 Å². The second-order valence-electron chi connectivity index (χ2n) is 13.3. The highest BCUT2D eigenvalue weighted by Crippen LogP contribution is 2.52. The van der Waals surface area contributed by atoms with Crippen molar-refractivity contribution in [2.24, 2.45) is 0 Å². The first kappa shape index (κ1) is 27.6. The van der Waals surface area contributed by atoms with Gasteiger partial charge in [-0.15, -0.1) is 0 Å². The number of benzene rings is 8. The Morgan fingerprint density at radius 3 is 1.43 bits per heavy atom. The lowest BCUT2D eigenvalue weighted by atomic mass is 9.80. The van der Waals surface area contributed by atoms with Crippen molar-refractivity contribution in [3.05, 3.63) is 181 Å². The Labute approximate surface area is 276 Å². The van der Waals surface area contributed by atoms with Gasteiger partial charge < -0.3 is 0 Å². The van der Waals surface area contributed by atoms with Crippen molar-refractivity contribution in [1.29, 1.82) is 0 Å². The van der Waals surface area contributed by atoms with E-state index in [4.69, 9.17) is 0 Å². The number of rotatable bonds is 4. The van der Waals surface area contributed by atoms with Crippen molar-refractivity contribution < 1.29 is 0 Å². The van der Waals surface area contributed by atoms with Crippen LogP contribution in [0, 0.1) is 0 Å². The molecule has 8 aromatic rings. The zero-order valence-corrected chi connectivity index (χ0v) is 26.7. The molecular formula is C47H34. The van der Waals surface area contributed by atoms with Crippen molar-refractivity contribution in [2.45, 2.75) is 19.3 Å². The predicted octanol–water partition coefficient (Wildman–Crippen LogP) is 13.0. The molecule has 0 atom stereocenters. The normalized spacial score (nSPS) is 13.1. The topological polar surface area (TPSA) is 0 Å². The molecule has 0 bridgehead atoms. The van der Waals surface area contributed by atoms with Gasteiger partial charge in [-0.25, -0.2) is 0 Å². The van der Waals surface area contributed by atoms with E-state index in [0.717, 1.165) is 0 Å². The first-order chi connectivity index (χ1) is 23.1. The van der Waals surface area contributed by atoms with Crippen molar-refractivity contribution in [1.82, 2.24) is 0 Å². The van der Waals surface area contributed by atoms with E-state index in [0.29, 0.717) is 0 Å². The molecular weight excluding hydrogens is 565 g/mol. The average molecular weight is 599 g/mol. The van der Waals surface area contributed by atoms with Gasteiger partial charge in [-0.05, 0) is 113 Å². The van der Waals surface area contributed by atoms with E-state index < -0.39 is 0 Å². The number of hydrogen-bond donors (Lipinski definition) is 0. The van der Waals surface area contributed by atoms with E-state index >= 15 is 0 Å². The van der Waals surface area contributed by atoms with Crippen LogP contribution in [0.1, 0.15) is 25.0 Å². The highest BCUT2D eigenvalue weighted by Gasteiger charge is 2.36. The van der Waals surface area contributed by atoms with E-state index in [2.05, 4.69) is 184 Å². The summed E-state index contributed by atoms with van der Waals surface area (Å²) >= 11 is 0. The van der Waals surface area contributed by atoms with E-state index in [-0.39, 0.29) is 5.41 Å².